The number of rotatable bonds is 3. The molecule has 1 amide bonds. The Balaban J connectivity index is 1.78. The summed E-state index contributed by atoms with van der Waals surface area (Å²) in [6.07, 6.45) is 3.50. The Morgan fingerprint density at radius 1 is 1.30 bits per heavy atom. The Labute approximate surface area is 146 Å². The van der Waals surface area contributed by atoms with Gasteiger partial charge in [-0.05, 0) is 56.8 Å². The third-order valence-corrected chi connectivity index (χ3v) is 5.63. The first-order chi connectivity index (χ1) is 11.1. The average Bonchev–Trinajstić information content (AvgIpc) is 2.56. The van der Waals surface area contributed by atoms with E-state index in [1.54, 1.807) is 0 Å². The predicted molar refractivity (Wildman–Crippen MR) is 94.2 cm³/mol. The van der Waals surface area contributed by atoms with Crippen molar-refractivity contribution in [1.29, 1.82) is 0 Å². The molecule has 0 unspecified atom stereocenters. The Morgan fingerprint density at radius 3 is 2.65 bits per heavy atom. The van der Waals surface area contributed by atoms with Crippen molar-refractivity contribution in [3.8, 4) is 0 Å². The van der Waals surface area contributed by atoms with Gasteiger partial charge >= 0.3 is 0 Å². The molecule has 0 aliphatic carbocycles. The highest BCUT2D eigenvalue weighted by atomic mass is 79.9. The first-order valence-corrected chi connectivity index (χ1v) is 9.27. The van der Waals surface area contributed by atoms with E-state index in [9.17, 15) is 4.79 Å². The first-order valence-electron chi connectivity index (χ1n) is 8.48. The largest absolute Gasteiger partial charge is 0.381 e. The predicted octanol–water partition coefficient (Wildman–Crippen LogP) is 2.96. The maximum absolute atomic E-state index is 12.9. The molecular formula is C18H25BrN2O2. The van der Waals surface area contributed by atoms with Gasteiger partial charge in [-0.1, -0.05) is 28.1 Å². The average molecular weight is 381 g/mol. The zero-order valence-electron chi connectivity index (χ0n) is 13.6. The summed E-state index contributed by atoms with van der Waals surface area (Å²) in [6, 6.07) is 8.73. The molecule has 0 radical (unpaired) electrons. The highest BCUT2D eigenvalue weighted by Crippen LogP contribution is 2.34. The van der Waals surface area contributed by atoms with Crippen molar-refractivity contribution < 1.29 is 9.53 Å². The fourth-order valence-corrected chi connectivity index (χ4v) is 3.95. The van der Waals surface area contributed by atoms with Crippen LogP contribution in [0.4, 0.5) is 0 Å². The Hall–Kier alpha value is -0.910. The van der Waals surface area contributed by atoms with E-state index in [-0.39, 0.29) is 17.4 Å². The molecule has 2 saturated heterocycles. The van der Waals surface area contributed by atoms with Gasteiger partial charge in [0.1, 0.15) is 0 Å². The highest BCUT2D eigenvalue weighted by molar-refractivity contribution is 9.10. The van der Waals surface area contributed by atoms with Gasteiger partial charge in [0.15, 0.2) is 0 Å². The molecule has 126 valence electrons. The molecule has 23 heavy (non-hydrogen) atoms. The molecule has 1 aromatic rings. The van der Waals surface area contributed by atoms with E-state index >= 15 is 0 Å². The summed E-state index contributed by atoms with van der Waals surface area (Å²) in [7, 11) is 0. The topological polar surface area (TPSA) is 50.4 Å². The summed E-state index contributed by atoms with van der Waals surface area (Å²) in [5, 5.41) is 6.81. The maximum Gasteiger partial charge on any atom is 0.223 e. The van der Waals surface area contributed by atoms with Crippen molar-refractivity contribution in [3.63, 3.8) is 0 Å². The van der Waals surface area contributed by atoms with Crippen LogP contribution in [0.15, 0.2) is 28.7 Å². The number of carbonyl (C=O) groups excluding carboxylic acids is 1. The van der Waals surface area contributed by atoms with Crippen LogP contribution in [0.2, 0.25) is 0 Å². The molecule has 0 aromatic heterocycles. The minimum Gasteiger partial charge on any atom is -0.381 e. The fraction of sp³-hybridized carbons (Fsp3) is 0.611. The second-order valence-corrected chi connectivity index (χ2v) is 7.68. The van der Waals surface area contributed by atoms with Crippen LogP contribution >= 0.6 is 15.9 Å². The molecule has 5 heteroatoms. The van der Waals surface area contributed by atoms with E-state index < -0.39 is 0 Å². The van der Waals surface area contributed by atoms with Gasteiger partial charge in [0, 0.05) is 29.6 Å². The van der Waals surface area contributed by atoms with E-state index in [1.807, 2.05) is 12.1 Å². The van der Waals surface area contributed by atoms with Crippen LogP contribution in [0.3, 0.4) is 0 Å². The normalized spacial score (nSPS) is 27.4. The maximum atomic E-state index is 12.9. The number of hydrogen-bond donors (Lipinski definition) is 2. The minimum atomic E-state index is -0.288. The summed E-state index contributed by atoms with van der Waals surface area (Å²) in [5.74, 6) is 0.310. The number of halogens is 1. The monoisotopic (exact) mass is 380 g/mol. The summed E-state index contributed by atoms with van der Waals surface area (Å²) >= 11 is 3.49. The van der Waals surface area contributed by atoms with Gasteiger partial charge in [-0.25, -0.2) is 0 Å². The van der Waals surface area contributed by atoms with Crippen LogP contribution < -0.4 is 10.6 Å². The van der Waals surface area contributed by atoms with Crippen molar-refractivity contribution in [2.24, 2.45) is 5.92 Å². The van der Waals surface area contributed by atoms with E-state index in [4.69, 9.17) is 4.74 Å². The van der Waals surface area contributed by atoms with Crippen molar-refractivity contribution in [1.82, 2.24) is 10.6 Å². The lowest BCUT2D eigenvalue weighted by atomic mass is 9.81. The quantitative estimate of drug-likeness (QED) is 0.847. The molecule has 2 atom stereocenters. The lowest BCUT2D eigenvalue weighted by Crippen LogP contribution is -2.53. The smallest absolute Gasteiger partial charge is 0.223 e. The van der Waals surface area contributed by atoms with E-state index in [0.717, 1.165) is 36.7 Å². The first kappa shape index (κ1) is 16.9. The Bertz CT molecular complexity index is 540. The number of nitrogens with one attached hydrogen (secondary N) is 2. The van der Waals surface area contributed by atoms with Crippen molar-refractivity contribution in [3.05, 3.63) is 34.3 Å². The summed E-state index contributed by atoms with van der Waals surface area (Å²) in [4.78, 5) is 12.9. The third kappa shape index (κ3) is 3.95. The zero-order chi connectivity index (χ0) is 16.3. The number of ether oxygens (including phenoxy) is 1. The SMILES string of the molecule is C[C@H]1C[C@@H](C(=O)NC2(c3ccc(Br)cc3)CCOCC2)CCN1. The molecule has 2 heterocycles. The highest BCUT2D eigenvalue weighted by Gasteiger charge is 2.38. The number of amides is 1. The molecule has 2 aliphatic heterocycles. The molecule has 4 nitrogen and oxygen atoms in total. The van der Waals surface area contributed by atoms with Crippen LogP contribution in [0, 0.1) is 5.92 Å². The second kappa shape index (κ2) is 7.32. The standard InChI is InChI=1S/C18H25BrN2O2/c1-13-12-14(6-9-20-13)17(22)21-18(7-10-23-11-8-18)15-2-4-16(19)5-3-15/h2-5,13-14,20H,6-12H2,1H3,(H,21,22)/t13-,14-/m0/s1. The third-order valence-electron chi connectivity index (χ3n) is 5.10. The summed E-state index contributed by atoms with van der Waals surface area (Å²) < 4.78 is 6.60. The van der Waals surface area contributed by atoms with Crippen LogP contribution in [0.25, 0.3) is 0 Å². The number of hydrogen-bond acceptors (Lipinski definition) is 3. The molecule has 3 rings (SSSR count). The number of carbonyl (C=O) groups is 1. The molecule has 2 aliphatic rings. The van der Waals surface area contributed by atoms with Gasteiger partial charge in [0.25, 0.3) is 0 Å². The lowest BCUT2D eigenvalue weighted by Gasteiger charge is -2.40. The van der Waals surface area contributed by atoms with Crippen LogP contribution in [-0.2, 0) is 15.1 Å². The summed E-state index contributed by atoms with van der Waals surface area (Å²) in [5.41, 5.74) is 0.892. The van der Waals surface area contributed by atoms with Crippen molar-refractivity contribution in [2.45, 2.75) is 44.2 Å². The van der Waals surface area contributed by atoms with E-state index in [0.29, 0.717) is 19.3 Å². The van der Waals surface area contributed by atoms with E-state index in [1.165, 1.54) is 5.56 Å². The minimum absolute atomic E-state index is 0.112. The molecule has 1 aromatic carbocycles. The summed E-state index contributed by atoms with van der Waals surface area (Å²) in [6.45, 7) is 4.46. The van der Waals surface area contributed by atoms with Crippen molar-refractivity contribution in [2.75, 3.05) is 19.8 Å². The van der Waals surface area contributed by atoms with Crippen LogP contribution in [-0.4, -0.2) is 31.7 Å². The van der Waals surface area contributed by atoms with Crippen LogP contribution in [0.1, 0.15) is 38.2 Å². The Morgan fingerprint density at radius 2 is 2.00 bits per heavy atom. The fourth-order valence-electron chi connectivity index (χ4n) is 3.68. The van der Waals surface area contributed by atoms with E-state index in [2.05, 4.69) is 45.6 Å². The van der Waals surface area contributed by atoms with Gasteiger partial charge in [-0.2, -0.15) is 0 Å². The number of benzene rings is 1. The van der Waals surface area contributed by atoms with Gasteiger partial charge in [-0.3, -0.25) is 4.79 Å². The van der Waals surface area contributed by atoms with Crippen LogP contribution in [0.5, 0.6) is 0 Å². The van der Waals surface area contributed by atoms with Gasteiger partial charge < -0.3 is 15.4 Å². The lowest BCUT2D eigenvalue weighted by molar-refractivity contribution is -0.129. The second-order valence-electron chi connectivity index (χ2n) is 6.77. The zero-order valence-corrected chi connectivity index (χ0v) is 15.2. The molecule has 0 saturated carbocycles. The Kier molecular flexibility index (Phi) is 5.39. The van der Waals surface area contributed by atoms with Crippen molar-refractivity contribution >= 4 is 21.8 Å². The molecule has 2 N–H and O–H groups in total. The molecule has 0 bridgehead atoms. The van der Waals surface area contributed by atoms with Gasteiger partial charge in [0.05, 0.1) is 5.54 Å². The molecule has 2 fully saturated rings. The molecular weight excluding hydrogens is 356 g/mol. The molecule has 0 spiro atoms. The van der Waals surface area contributed by atoms with Gasteiger partial charge in [-0.15, -0.1) is 0 Å². The van der Waals surface area contributed by atoms with Gasteiger partial charge in [0.2, 0.25) is 5.91 Å². The number of piperidine rings is 1.